The van der Waals surface area contributed by atoms with E-state index >= 15 is 0 Å². The van der Waals surface area contributed by atoms with E-state index < -0.39 is 0 Å². The molecule has 7 heteroatoms. The average molecular weight is 552 g/mol. The Hall–Kier alpha value is -2.55. The lowest BCUT2D eigenvalue weighted by molar-refractivity contribution is 0.0333. The molecule has 0 aromatic heterocycles. The van der Waals surface area contributed by atoms with Crippen molar-refractivity contribution >= 4 is 5.71 Å². The molecule has 1 aliphatic heterocycles. The third-order valence-electron chi connectivity index (χ3n) is 7.39. The molecule has 0 radical (unpaired) electrons. The van der Waals surface area contributed by atoms with E-state index in [9.17, 15) is 10.5 Å². The predicted molar refractivity (Wildman–Crippen MR) is 166 cm³/mol. The number of nitriles is 2. The van der Waals surface area contributed by atoms with E-state index in [1.165, 1.54) is 0 Å². The summed E-state index contributed by atoms with van der Waals surface area (Å²) in [5, 5.41) is 18.9. The van der Waals surface area contributed by atoms with Crippen LogP contribution in [-0.2, 0) is 9.47 Å². The fourth-order valence-electron chi connectivity index (χ4n) is 4.90. The molecule has 0 aromatic rings. The highest BCUT2D eigenvalue weighted by Gasteiger charge is 2.18. The molecule has 0 bridgehead atoms. The van der Waals surface area contributed by atoms with Crippen molar-refractivity contribution in [2.45, 2.75) is 91.8 Å². The lowest BCUT2D eigenvalue weighted by Crippen LogP contribution is -2.36. The van der Waals surface area contributed by atoms with Crippen LogP contribution in [0.2, 0.25) is 0 Å². The summed E-state index contributed by atoms with van der Waals surface area (Å²) in [7, 11) is 0. The highest BCUT2D eigenvalue weighted by atomic mass is 16.5. The third-order valence-corrected chi connectivity index (χ3v) is 7.39. The van der Waals surface area contributed by atoms with E-state index in [1.54, 1.807) is 0 Å². The van der Waals surface area contributed by atoms with Crippen LogP contribution in [-0.4, -0.2) is 86.2 Å². The number of allylic oxidation sites excluding steroid dienone is 4. The maximum Gasteiger partial charge on any atom is 0.132 e. The minimum atomic E-state index is -0.172. The molecule has 3 atom stereocenters. The zero-order chi connectivity index (χ0) is 29.8. The molecule has 7 nitrogen and oxygen atoms in total. The van der Waals surface area contributed by atoms with Crippen LogP contribution < -0.4 is 0 Å². The smallest absolute Gasteiger partial charge is 0.132 e. The van der Waals surface area contributed by atoms with Gasteiger partial charge >= 0.3 is 0 Å². The molecule has 1 rings (SSSR count). The summed E-state index contributed by atoms with van der Waals surface area (Å²) in [6.07, 6.45) is 12.5. The first-order valence-electron chi connectivity index (χ1n) is 15.1. The van der Waals surface area contributed by atoms with Gasteiger partial charge in [0.2, 0.25) is 0 Å². The number of nitrogens with zero attached hydrogens (tertiary/aromatic N) is 5. The second kappa shape index (κ2) is 21.2. The molecule has 0 saturated carbocycles. The van der Waals surface area contributed by atoms with E-state index in [1.807, 2.05) is 19.1 Å². The van der Waals surface area contributed by atoms with Gasteiger partial charge in [-0.25, -0.2) is 0 Å². The maximum absolute atomic E-state index is 9.43. The van der Waals surface area contributed by atoms with Gasteiger partial charge in [-0.2, -0.15) is 10.5 Å². The minimum absolute atomic E-state index is 0.0994. The van der Waals surface area contributed by atoms with Crippen LogP contribution in [0, 0.1) is 22.7 Å². The number of aliphatic imine (C=N–C) groups is 1. The lowest BCUT2D eigenvalue weighted by atomic mass is 9.98. The molecule has 1 fully saturated rings. The third kappa shape index (κ3) is 12.7. The van der Waals surface area contributed by atoms with Crippen molar-refractivity contribution in [3.05, 3.63) is 47.6 Å². The summed E-state index contributed by atoms with van der Waals surface area (Å²) in [4.78, 5) is 9.86. The lowest BCUT2D eigenvalue weighted by Gasteiger charge is -2.27. The van der Waals surface area contributed by atoms with Gasteiger partial charge in [-0.3, -0.25) is 14.8 Å². The zero-order valence-corrected chi connectivity index (χ0v) is 26.0. The molecule has 0 aliphatic carbocycles. The Morgan fingerprint density at radius 1 is 1.10 bits per heavy atom. The van der Waals surface area contributed by atoms with Gasteiger partial charge in [0, 0.05) is 31.4 Å². The second-order valence-corrected chi connectivity index (χ2v) is 10.2. The number of likely N-dealkylation sites (N-methyl/N-ethyl adjacent to an activating group) is 1. The van der Waals surface area contributed by atoms with Crippen molar-refractivity contribution < 1.29 is 9.47 Å². The zero-order valence-electron chi connectivity index (χ0n) is 26.0. The Bertz CT molecular complexity index is 927. The molecular formula is C33H53N5O2. The van der Waals surface area contributed by atoms with Gasteiger partial charge in [0.05, 0.1) is 25.4 Å². The van der Waals surface area contributed by atoms with Crippen LogP contribution in [0.5, 0.6) is 0 Å². The topological polar surface area (TPSA) is 84.9 Å². The standard InChI is InChI=1S/C33H53N5O2/c1-8-15-30(31(25-34)26-35)24-29(9-2)27(6)36-28(7)33(17-16-32(10-3)38(11-4)12-5)40-21-14-13-18-37-19-22-39-23-20-37/h10,16-17,24,28,32-33H,3,8-9,11-15,18-23H2,1-2,4-7H3/b17-16+,29-24+,36-27+/t28-,32?,33?/m0/s1. The van der Waals surface area contributed by atoms with E-state index in [0.29, 0.717) is 13.0 Å². The molecule has 0 N–H and O–H groups in total. The van der Waals surface area contributed by atoms with Crippen LogP contribution >= 0.6 is 0 Å². The molecule has 222 valence electrons. The molecule has 1 heterocycles. The Kier molecular flexibility index (Phi) is 18.8. The van der Waals surface area contributed by atoms with Gasteiger partial charge in [0.25, 0.3) is 0 Å². The molecule has 0 aromatic carbocycles. The van der Waals surface area contributed by atoms with Gasteiger partial charge in [0.15, 0.2) is 0 Å². The summed E-state index contributed by atoms with van der Waals surface area (Å²) >= 11 is 0. The quantitative estimate of drug-likeness (QED) is 0.0619. The van der Waals surface area contributed by atoms with Gasteiger partial charge in [-0.15, -0.1) is 6.58 Å². The van der Waals surface area contributed by atoms with Gasteiger partial charge < -0.3 is 9.47 Å². The summed E-state index contributed by atoms with van der Waals surface area (Å²) in [5.41, 5.74) is 2.92. The number of morpholine rings is 1. The first kappa shape index (κ1) is 35.5. The summed E-state index contributed by atoms with van der Waals surface area (Å²) in [6, 6.07) is 4.15. The van der Waals surface area contributed by atoms with Crippen molar-refractivity contribution in [1.82, 2.24) is 9.80 Å². The first-order chi connectivity index (χ1) is 19.4. The fraction of sp³-hybridized carbons (Fsp3) is 0.667. The van der Waals surface area contributed by atoms with Gasteiger partial charge in [0.1, 0.15) is 17.7 Å². The number of ether oxygens (including phenoxy) is 2. The largest absolute Gasteiger partial charge is 0.379 e. The first-order valence-corrected chi connectivity index (χ1v) is 15.1. The van der Waals surface area contributed by atoms with Crippen LogP contribution in [0.3, 0.4) is 0 Å². The number of hydrogen-bond acceptors (Lipinski definition) is 7. The average Bonchev–Trinajstić information content (AvgIpc) is 2.97. The fourth-order valence-corrected chi connectivity index (χ4v) is 4.90. The van der Waals surface area contributed by atoms with E-state index in [2.05, 4.69) is 75.3 Å². The molecule has 40 heavy (non-hydrogen) atoms. The monoisotopic (exact) mass is 551 g/mol. The van der Waals surface area contributed by atoms with Crippen molar-refractivity contribution in [3.63, 3.8) is 0 Å². The Morgan fingerprint density at radius 3 is 2.33 bits per heavy atom. The molecule has 0 spiro atoms. The summed E-state index contributed by atoms with van der Waals surface area (Å²) in [6.45, 7) is 23.9. The Balaban J connectivity index is 3.11. The van der Waals surface area contributed by atoms with E-state index in [-0.39, 0.29) is 23.8 Å². The van der Waals surface area contributed by atoms with Crippen molar-refractivity contribution in [2.75, 3.05) is 52.5 Å². The second-order valence-electron chi connectivity index (χ2n) is 10.2. The normalized spacial score (nSPS) is 17.3. The number of unbranched alkanes of at least 4 members (excludes halogenated alkanes) is 1. The van der Waals surface area contributed by atoms with Gasteiger partial charge in [-0.1, -0.05) is 58.4 Å². The maximum atomic E-state index is 9.43. The predicted octanol–water partition coefficient (Wildman–Crippen LogP) is 6.27. The number of hydrogen-bond donors (Lipinski definition) is 0. The van der Waals surface area contributed by atoms with Crippen molar-refractivity contribution in [3.8, 4) is 12.1 Å². The highest BCUT2D eigenvalue weighted by Crippen LogP contribution is 2.19. The SMILES string of the molecule is C=CC(/C=C/C(OCCCCN1CCOCC1)[C@H](C)/N=C(C)/C(=C/C(CCC)=C(C#N)C#N)CC)N(CC)CC. The minimum Gasteiger partial charge on any atom is -0.379 e. The van der Waals surface area contributed by atoms with Crippen molar-refractivity contribution in [1.29, 1.82) is 10.5 Å². The van der Waals surface area contributed by atoms with Crippen LogP contribution in [0.15, 0.2) is 52.6 Å². The number of rotatable bonds is 19. The Morgan fingerprint density at radius 2 is 1.77 bits per heavy atom. The summed E-state index contributed by atoms with van der Waals surface area (Å²) in [5.74, 6) is 0. The Labute approximate surface area is 244 Å². The molecule has 1 aliphatic rings. The molecular weight excluding hydrogens is 498 g/mol. The van der Waals surface area contributed by atoms with Crippen LogP contribution in [0.25, 0.3) is 0 Å². The molecule has 1 saturated heterocycles. The van der Waals surface area contributed by atoms with Crippen molar-refractivity contribution in [2.24, 2.45) is 4.99 Å². The highest BCUT2D eigenvalue weighted by molar-refractivity contribution is 5.98. The summed E-state index contributed by atoms with van der Waals surface area (Å²) < 4.78 is 11.9. The van der Waals surface area contributed by atoms with Crippen LogP contribution in [0.4, 0.5) is 0 Å². The molecule has 0 amide bonds. The van der Waals surface area contributed by atoms with Gasteiger partial charge in [-0.05, 0) is 70.3 Å². The van der Waals surface area contributed by atoms with E-state index in [0.717, 1.165) is 88.5 Å². The van der Waals surface area contributed by atoms with E-state index in [4.69, 9.17) is 14.5 Å². The van der Waals surface area contributed by atoms with Crippen LogP contribution in [0.1, 0.15) is 73.6 Å². The molecule has 2 unspecified atom stereocenters.